The molecule has 3 aromatic rings. The van der Waals surface area contributed by atoms with E-state index >= 15 is 0 Å². The first-order valence-electron chi connectivity index (χ1n) is 6.80. The van der Waals surface area contributed by atoms with Gasteiger partial charge in [0.25, 0.3) is 5.91 Å². The molecule has 2 N–H and O–H groups in total. The zero-order chi connectivity index (χ0) is 15.3. The van der Waals surface area contributed by atoms with Gasteiger partial charge in [0.2, 0.25) is 5.76 Å². The largest absolute Gasteiger partial charge is 0.508 e. The van der Waals surface area contributed by atoms with Crippen LogP contribution in [0.3, 0.4) is 0 Å². The van der Waals surface area contributed by atoms with Crippen molar-refractivity contribution in [2.45, 2.75) is 6.04 Å². The highest BCUT2D eigenvalue weighted by Crippen LogP contribution is 2.31. The minimum absolute atomic E-state index is 0.0572. The van der Waals surface area contributed by atoms with Crippen molar-refractivity contribution in [3.05, 3.63) is 75.6 Å². The van der Waals surface area contributed by atoms with Gasteiger partial charge in [0.1, 0.15) is 11.3 Å². The fourth-order valence-electron chi connectivity index (χ4n) is 2.77. The number of benzene rings is 2. The van der Waals surface area contributed by atoms with Gasteiger partial charge >= 0.3 is 0 Å². The van der Waals surface area contributed by atoms with Crippen LogP contribution >= 0.6 is 0 Å². The summed E-state index contributed by atoms with van der Waals surface area (Å²) in [4.78, 5) is 24.8. The van der Waals surface area contributed by atoms with Crippen LogP contribution in [0.5, 0.6) is 5.75 Å². The Bertz CT molecular complexity index is 957. The second-order valence-electron chi connectivity index (χ2n) is 5.17. The van der Waals surface area contributed by atoms with Crippen molar-refractivity contribution in [3.8, 4) is 5.75 Å². The van der Waals surface area contributed by atoms with Gasteiger partial charge in [-0.1, -0.05) is 24.3 Å². The SMILES string of the molecule is O=C1N[C@H](c2ccc(O)cc2)c2c1oc1ccccc1c2=O. The number of hydrogen-bond donors (Lipinski definition) is 2. The molecule has 2 aromatic carbocycles. The smallest absolute Gasteiger partial charge is 0.288 e. The lowest BCUT2D eigenvalue weighted by molar-refractivity contribution is 0.0938. The van der Waals surface area contributed by atoms with E-state index in [0.717, 1.165) is 0 Å². The topological polar surface area (TPSA) is 79.5 Å². The quantitative estimate of drug-likeness (QED) is 0.721. The molecular formula is C17H11NO4. The minimum Gasteiger partial charge on any atom is -0.508 e. The fraction of sp³-hybridized carbons (Fsp3) is 0.0588. The Hall–Kier alpha value is -3.08. The molecule has 0 saturated heterocycles. The van der Waals surface area contributed by atoms with E-state index in [1.54, 1.807) is 36.4 Å². The van der Waals surface area contributed by atoms with Gasteiger partial charge in [0.05, 0.1) is 17.0 Å². The lowest BCUT2D eigenvalue weighted by Crippen LogP contribution is -2.21. The molecule has 22 heavy (non-hydrogen) atoms. The average molecular weight is 293 g/mol. The Morgan fingerprint density at radius 3 is 2.50 bits per heavy atom. The lowest BCUT2D eigenvalue weighted by atomic mass is 9.99. The molecule has 0 aliphatic carbocycles. The van der Waals surface area contributed by atoms with Crippen molar-refractivity contribution in [1.29, 1.82) is 0 Å². The van der Waals surface area contributed by atoms with Gasteiger partial charge in [0, 0.05) is 0 Å². The number of rotatable bonds is 1. The van der Waals surface area contributed by atoms with E-state index in [1.165, 1.54) is 12.1 Å². The Morgan fingerprint density at radius 1 is 1.00 bits per heavy atom. The van der Waals surface area contributed by atoms with E-state index in [-0.39, 0.29) is 16.9 Å². The number of phenolic OH excluding ortho intramolecular Hbond substituents is 1. The van der Waals surface area contributed by atoms with E-state index in [1.807, 2.05) is 0 Å². The summed E-state index contributed by atoms with van der Waals surface area (Å²) in [5, 5.41) is 12.6. The molecule has 1 atom stereocenters. The first-order valence-corrected chi connectivity index (χ1v) is 6.80. The van der Waals surface area contributed by atoms with E-state index < -0.39 is 11.9 Å². The minimum atomic E-state index is -0.566. The molecule has 1 amide bonds. The third kappa shape index (κ3) is 1.72. The summed E-state index contributed by atoms with van der Waals surface area (Å²) < 4.78 is 5.61. The summed E-state index contributed by atoms with van der Waals surface area (Å²) >= 11 is 0. The second-order valence-corrected chi connectivity index (χ2v) is 5.17. The maximum Gasteiger partial charge on any atom is 0.288 e. The number of carbonyl (C=O) groups is 1. The Balaban J connectivity index is 1.99. The van der Waals surface area contributed by atoms with Crippen molar-refractivity contribution in [2.24, 2.45) is 0 Å². The predicted molar refractivity (Wildman–Crippen MR) is 79.9 cm³/mol. The molecule has 5 nitrogen and oxygen atoms in total. The number of hydrogen-bond acceptors (Lipinski definition) is 4. The van der Waals surface area contributed by atoms with E-state index in [9.17, 15) is 14.7 Å². The highest BCUT2D eigenvalue weighted by molar-refractivity contribution is 5.98. The Kier molecular flexibility index (Phi) is 2.56. The van der Waals surface area contributed by atoms with Crippen LogP contribution in [0.1, 0.15) is 27.7 Å². The van der Waals surface area contributed by atoms with Gasteiger partial charge in [-0.05, 0) is 29.8 Å². The number of carbonyl (C=O) groups excluding carboxylic acids is 1. The van der Waals surface area contributed by atoms with Crippen LogP contribution in [0.25, 0.3) is 11.0 Å². The van der Waals surface area contributed by atoms with E-state index in [0.29, 0.717) is 22.1 Å². The van der Waals surface area contributed by atoms with Gasteiger partial charge < -0.3 is 14.8 Å². The fourth-order valence-corrected chi connectivity index (χ4v) is 2.77. The van der Waals surface area contributed by atoms with Crippen molar-refractivity contribution in [1.82, 2.24) is 5.32 Å². The number of nitrogens with one attached hydrogen (secondary N) is 1. The molecule has 0 bridgehead atoms. The highest BCUT2D eigenvalue weighted by atomic mass is 16.3. The molecule has 1 aliphatic rings. The molecule has 0 fully saturated rings. The van der Waals surface area contributed by atoms with Crippen LogP contribution in [0.4, 0.5) is 0 Å². The number of fused-ring (bicyclic) bond motifs is 2. The predicted octanol–water partition coefficient (Wildman–Crippen LogP) is 2.33. The van der Waals surface area contributed by atoms with Crippen molar-refractivity contribution >= 4 is 16.9 Å². The third-order valence-electron chi connectivity index (χ3n) is 3.83. The van der Waals surface area contributed by atoms with Crippen LogP contribution in [0.15, 0.2) is 57.7 Å². The van der Waals surface area contributed by atoms with Crippen LogP contribution in [0, 0.1) is 0 Å². The van der Waals surface area contributed by atoms with Crippen LogP contribution in [-0.2, 0) is 0 Å². The molecular weight excluding hydrogens is 282 g/mol. The summed E-state index contributed by atoms with van der Waals surface area (Å²) in [6, 6.07) is 12.7. The Labute approximate surface area is 124 Å². The van der Waals surface area contributed by atoms with Gasteiger partial charge in [-0.25, -0.2) is 0 Å². The summed E-state index contributed by atoms with van der Waals surface area (Å²) in [6.07, 6.45) is 0. The second kappa shape index (κ2) is 4.46. The van der Waals surface area contributed by atoms with Crippen molar-refractivity contribution in [2.75, 3.05) is 0 Å². The summed E-state index contributed by atoms with van der Waals surface area (Å²) in [7, 11) is 0. The van der Waals surface area contributed by atoms with Gasteiger partial charge in [-0.2, -0.15) is 0 Å². The molecule has 1 aliphatic heterocycles. The number of amides is 1. The monoisotopic (exact) mass is 293 g/mol. The summed E-state index contributed by atoms with van der Waals surface area (Å²) in [5.74, 6) is -0.225. The number of phenols is 1. The molecule has 1 aromatic heterocycles. The molecule has 5 heteroatoms. The molecule has 2 heterocycles. The van der Waals surface area contributed by atoms with Gasteiger partial charge in [0.15, 0.2) is 5.43 Å². The number of para-hydroxylation sites is 1. The van der Waals surface area contributed by atoms with Gasteiger partial charge in [-0.15, -0.1) is 0 Å². The lowest BCUT2D eigenvalue weighted by Gasteiger charge is -2.11. The zero-order valence-corrected chi connectivity index (χ0v) is 11.4. The maximum atomic E-state index is 12.7. The van der Waals surface area contributed by atoms with Crippen LogP contribution in [0.2, 0.25) is 0 Å². The summed E-state index contributed by atoms with van der Waals surface area (Å²) in [5.41, 5.74) is 1.21. The molecule has 0 saturated carbocycles. The Morgan fingerprint density at radius 2 is 1.73 bits per heavy atom. The maximum absolute atomic E-state index is 12.7. The normalized spacial score (nSPS) is 16.5. The van der Waals surface area contributed by atoms with Crippen molar-refractivity contribution in [3.63, 3.8) is 0 Å². The third-order valence-corrected chi connectivity index (χ3v) is 3.83. The molecule has 4 rings (SSSR count). The van der Waals surface area contributed by atoms with Gasteiger partial charge in [-0.3, -0.25) is 9.59 Å². The molecule has 0 unspecified atom stereocenters. The molecule has 0 radical (unpaired) electrons. The molecule has 108 valence electrons. The zero-order valence-electron chi connectivity index (χ0n) is 11.4. The first-order chi connectivity index (χ1) is 10.6. The average Bonchev–Trinajstić information content (AvgIpc) is 2.86. The number of aromatic hydroxyl groups is 1. The van der Waals surface area contributed by atoms with E-state index in [4.69, 9.17) is 4.42 Å². The van der Waals surface area contributed by atoms with Crippen LogP contribution < -0.4 is 10.7 Å². The first kappa shape index (κ1) is 12.6. The summed E-state index contributed by atoms with van der Waals surface area (Å²) in [6.45, 7) is 0. The van der Waals surface area contributed by atoms with Crippen molar-refractivity contribution < 1.29 is 14.3 Å². The van der Waals surface area contributed by atoms with Crippen LogP contribution in [-0.4, -0.2) is 11.0 Å². The molecule has 0 spiro atoms. The highest BCUT2D eigenvalue weighted by Gasteiger charge is 2.35. The van der Waals surface area contributed by atoms with E-state index in [2.05, 4.69) is 5.32 Å². The standard InChI is InChI=1S/C17H11NO4/c19-10-7-5-9(6-8-10)14-13-15(20)11-3-1-2-4-12(11)22-16(13)17(21)18-14/h1-8,14,19H,(H,18,21)/t14-/m1/s1.